The fourth-order valence-corrected chi connectivity index (χ4v) is 5.87. The Morgan fingerprint density at radius 2 is 2.12 bits per heavy atom. The number of hydrogen-bond donors (Lipinski definition) is 0. The van der Waals surface area contributed by atoms with Gasteiger partial charge in [0.25, 0.3) is 0 Å². The second kappa shape index (κ2) is 8.81. The van der Waals surface area contributed by atoms with E-state index < -0.39 is 0 Å². The largest absolute Gasteiger partial charge is 0.443 e. The molecule has 3 aliphatic heterocycles. The van der Waals surface area contributed by atoms with Crippen molar-refractivity contribution < 1.29 is 23.7 Å². The highest BCUT2D eigenvalue weighted by Gasteiger charge is 2.72. The normalized spacial score (nSPS) is 36.6. The zero-order valence-electron chi connectivity index (χ0n) is 20.9. The van der Waals surface area contributed by atoms with E-state index in [1.54, 1.807) is 18.2 Å². The fraction of sp³-hybridized carbons (Fsp3) is 0.692. The molecule has 0 bridgehead atoms. The molecular formula is C26H37N3O5. The molecule has 1 aromatic rings. The average Bonchev–Trinajstić information content (AvgIpc) is 3.70. The molecule has 4 heterocycles. The van der Waals surface area contributed by atoms with Gasteiger partial charge < -0.3 is 28.7 Å². The first-order valence-corrected chi connectivity index (χ1v) is 12.3. The lowest BCUT2D eigenvalue weighted by molar-refractivity contribution is -0.123. The van der Waals surface area contributed by atoms with Gasteiger partial charge in [-0.05, 0) is 52.2 Å². The minimum atomic E-state index is -0.332. The monoisotopic (exact) mass is 471 g/mol. The number of carbonyl (C=O) groups excluding carboxylic acids is 1. The van der Waals surface area contributed by atoms with E-state index in [1.807, 2.05) is 25.2 Å². The summed E-state index contributed by atoms with van der Waals surface area (Å²) in [6.45, 7) is 8.34. The Hall–Kier alpha value is -2.16. The van der Waals surface area contributed by atoms with Crippen LogP contribution in [0.25, 0.3) is 0 Å². The number of hydrogen-bond acceptors (Lipinski definition) is 7. The van der Waals surface area contributed by atoms with E-state index in [9.17, 15) is 4.79 Å². The first kappa shape index (κ1) is 23.6. The SMILES string of the molecule is COC1C(OC(=O)N2CC(N(C)c3ccccn3)C2)CCC2(CO2)C1[C@@]1(C)O[C@@H]1CC=C(C)C. The van der Waals surface area contributed by atoms with Crippen molar-refractivity contribution in [2.75, 3.05) is 38.8 Å². The van der Waals surface area contributed by atoms with Crippen molar-refractivity contribution in [3.05, 3.63) is 36.0 Å². The maximum Gasteiger partial charge on any atom is 0.410 e. The van der Waals surface area contributed by atoms with Gasteiger partial charge in [0.15, 0.2) is 0 Å². The number of likely N-dealkylation sites (tertiary alicyclic amines) is 1. The smallest absolute Gasteiger partial charge is 0.410 e. The lowest BCUT2D eigenvalue weighted by Crippen LogP contribution is -2.62. The Morgan fingerprint density at radius 3 is 2.74 bits per heavy atom. The van der Waals surface area contributed by atoms with Crippen molar-refractivity contribution in [1.82, 2.24) is 9.88 Å². The quantitative estimate of drug-likeness (QED) is 0.445. The third-order valence-electron chi connectivity index (χ3n) is 8.17. The molecule has 186 valence electrons. The minimum absolute atomic E-state index is 0.0338. The molecule has 1 spiro atoms. The summed E-state index contributed by atoms with van der Waals surface area (Å²) in [5, 5.41) is 0. The number of likely N-dealkylation sites (N-methyl/N-ethyl adjacent to an activating group) is 1. The van der Waals surface area contributed by atoms with Gasteiger partial charge in [-0.25, -0.2) is 9.78 Å². The molecule has 5 rings (SSSR count). The number of ether oxygens (including phenoxy) is 4. The Morgan fingerprint density at radius 1 is 1.35 bits per heavy atom. The Bertz CT molecular complexity index is 926. The molecule has 0 radical (unpaired) electrons. The number of rotatable bonds is 7. The van der Waals surface area contributed by atoms with Crippen molar-refractivity contribution in [3.8, 4) is 0 Å². The van der Waals surface area contributed by atoms with Gasteiger partial charge in [-0.2, -0.15) is 0 Å². The molecule has 34 heavy (non-hydrogen) atoms. The number of methoxy groups -OCH3 is 1. The topological polar surface area (TPSA) is 80.0 Å². The zero-order chi connectivity index (χ0) is 24.1. The summed E-state index contributed by atoms with van der Waals surface area (Å²) in [5.74, 6) is 0.941. The van der Waals surface area contributed by atoms with Gasteiger partial charge in [0.1, 0.15) is 29.2 Å². The van der Waals surface area contributed by atoms with Gasteiger partial charge in [0.2, 0.25) is 0 Å². The van der Waals surface area contributed by atoms with Crippen molar-refractivity contribution in [3.63, 3.8) is 0 Å². The van der Waals surface area contributed by atoms with Crippen molar-refractivity contribution >= 4 is 11.9 Å². The Balaban J connectivity index is 1.21. The first-order valence-electron chi connectivity index (χ1n) is 12.3. The van der Waals surface area contributed by atoms with Gasteiger partial charge >= 0.3 is 6.09 Å². The van der Waals surface area contributed by atoms with Crippen LogP contribution in [-0.4, -0.2) is 85.4 Å². The summed E-state index contributed by atoms with van der Waals surface area (Å²) in [5.41, 5.74) is 0.739. The van der Waals surface area contributed by atoms with Crippen LogP contribution >= 0.6 is 0 Å². The highest BCUT2D eigenvalue weighted by molar-refractivity contribution is 5.69. The molecule has 0 N–H and O–H groups in total. The molecule has 4 aliphatic rings. The van der Waals surface area contributed by atoms with Crippen LogP contribution in [0.1, 0.15) is 40.0 Å². The van der Waals surface area contributed by atoms with Gasteiger partial charge in [0.05, 0.1) is 24.7 Å². The van der Waals surface area contributed by atoms with E-state index >= 15 is 0 Å². The first-order chi connectivity index (χ1) is 16.3. The molecule has 1 aliphatic carbocycles. The summed E-state index contributed by atoms with van der Waals surface area (Å²) >= 11 is 0. The van der Waals surface area contributed by atoms with E-state index in [0.29, 0.717) is 13.1 Å². The summed E-state index contributed by atoms with van der Waals surface area (Å²) in [6, 6.07) is 6.09. The standard InChI is InChI=1S/C26H37N3O5/c1-17(2)9-10-20-25(3,34-20)23-22(31-5)19(11-12-26(23)16-32-26)33-24(30)29-14-18(15-29)28(4)21-8-6-7-13-27-21/h6-9,13,18-20,22-23H,10-12,14-16H2,1-5H3/t19?,20-,22?,23?,25+,26?/m1/s1. The number of anilines is 1. The third-order valence-corrected chi connectivity index (χ3v) is 8.17. The molecule has 8 nitrogen and oxygen atoms in total. The third kappa shape index (κ3) is 4.20. The lowest BCUT2D eigenvalue weighted by atomic mass is 9.68. The average molecular weight is 472 g/mol. The van der Waals surface area contributed by atoms with Crippen LogP contribution in [0.4, 0.5) is 10.6 Å². The summed E-state index contributed by atoms with van der Waals surface area (Å²) in [7, 11) is 3.72. The zero-order valence-corrected chi connectivity index (χ0v) is 20.9. The number of epoxide rings is 2. The molecule has 1 amide bonds. The molecule has 8 heteroatoms. The van der Waals surface area contributed by atoms with E-state index in [4.69, 9.17) is 18.9 Å². The van der Waals surface area contributed by atoms with Gasteiger partial charge in [-0.3, -0.25) is 0 Å². The van der Waals surface area contributed by atoms with Crippen molar-refractivity contribution in [2.24, 2.45) is 5.92 Å². The lowest BCUT2D eigenvalue weighted by Gasteiger charge is -2.46. The van der Waals surface area contributed by atoms with Gasteiger partial charge in [0, 0.05) is 33.4 Å². The van der Waals surface area contributed by atoms with Gasteiger partial charge in [-0.15, -0.1) is 0 Å². The van der Waals surface area contributed by atoms with Crippen molar-refractivity contribution in [2.45, 2.75) is 75.6 Å². The summed E-state index contributed by atoms with van der Waals surface area (Å²) in [6.07, 6.45) is 5.78. The van der Waals surface area contributed by atoms with E-state index in [2.05, 4.69) is 36.7 Å². The van der Waals surface area contributed by atoms with Crippen LogP contribution in [0.15, 0.2) is 36.0 Å². The molecule has 6 atom stereocenters. The predicted octanol–water partition coefficient (Wildman–Crippen LogP) is 3.42. The maximum absolute atomic E-state index is 13.0. The van der Waals surface area contributed by atoms with Crippen LogP contribution in [0.5, 0.6) is 0 Å². The van der Waals surface area contributed by atoms with Crippen LogP contribution in [0.2, 0.25) is 0 Å². The van der Waals surface area contributed by atoms with Crippen LogP contribution in [-0.2, 0) is 18.9 Å². The summed E-state index contributed by atoms with van der Waals surface area (Å²) < 4.78 is 24.3. The summed E-state index contributed by atoms with van der Waals surface area (Å²) in [4.78, 5) is 21.3. The Kier molecular flexibility index (Phi) is 6.11. The fourth-order valence-electron chi connectivity index (χ4n) is 5.87. The van der Waals surface area contributed by atoms with Crippen molar-refractivity contribution in [1.29, 1.82) is 0 Å². The number of aromatic nitrogens is 1. The van der Waals surface area contributed by atoms with Crippen LogP contribution in [0.3, 0.4) is 0 Å². The maximum atomic E-state index is 13.0. The Labute approximate surface area is 202 Å². The number of pyridine rings is 1. The molecule has 3 saturated heterocycles. The molecule has 0 aromatic carbocycles. The molecule has 4 fully saturated rings. The number of allylic oxidation sites excluding steroid dienone is 1. The highest BCUT2D eigenvalue weighted by Crippen LogP contribution is 2.59. The molecule has 1 saturated carbocycles. The second-order valence-corrected chi connectivity index (χ2v) is 10.7. The number of amides is 1. The van der Waals surface area contributed by atoms with E-state index in [-0.39, 0.29) is 47.6 Å². The van der Waals surface area contributed by atoms with E-state index in [1.165, 1.54) is 5.57 Å². The predicted molar refractivity (Wildman–Crippen MR) is 128 cm³/mol. The number of nitrogens with zero attached hydrogens (tertiary/aromatic N) is 3. The van der Waals surface area contributed by atoms with E-state index in [0.717, 1.165) is 31.7 Å². The highest BCUT2D eigenvalue weighted by atomic mass is 16.6. The molecule has 4 unspecified atom stereocenters. The van der Waals surface area contributed by atoms with Crippen LogP contribution < -0.4 is 4.90 Å². The second-order valence-electron chi connectivity index (χ2n) is 10.7. The number of carbonyl (C=O) groups is 1. The molecular weight excluding hydrogens is 434 g/mol. The van der Waals surface area contributed by atoms with Crippen LogP contribution in [0, 0.1) is 5.92 Å². The van der Waals surface area contributed by atoms with Gasteiger partial charge in [-0.1, -0.05) is 17.7 Å². The minimum Gasteiger partial charge on any atom is -0.443 e. The molecule has 1 aromatic heterocycles.